The molecule has 0 aliphatic rings. The van der Waals surface area contributed by atoms with Gasteiger partial charge in [-0.15, -0.1) is 0 Å². The van der Waals surface area contributed by atoms with Crippen molar-refractivity contribution in [3.8, 4) is 0 Å². The maximum Gasteiger partial charge on any atom is 0.227 e. The number of azide groups is 1. The lowest BCUT2D eigenvalue weighted by Gasteiger charge is -1.98. The van der Waals surface area contributed by atoms with Crippen LogP contribution in [0.5, 0.6) is 0 Å². The van der Waals surface area contributed by atoms with Gasteiger partial charge in [0.1, 0.15) is 0 Å². The number of pyridine rings is 1. The van der Waals surface area contributed by atoms with Gasteiger partial charge >= 0.3 is 0 Å². The molecule has 19 heavy (non-hydrogen) atoms. The smallest absolute Gasteiger partial charge is 0.227 e. The van der Waals surface area contributed by atoms with Gasteiger partial charge in [0, 0.05) is 22.6 Å². The van der Waals surface area contributed by atoms with E-state index in [1.807, 2.05) is 42.7 Å². The molecule has 0 amide bonds. The van der Waals surface area contributed by atoms with Crippen molar-refractivity contribution in [2.24, 2.45) is 5.11 Å². The molecule has 0 atom stereocenters. The lowest BCUT2D eigenvalue weighted by Crippen LogP contribution is -2.37. The highest BCUT2D eigenvalue weighted by Crippen LogP contribution is 2.01. The Balaban J connectivity index is 2.03. The Morgan fingerprint density at radius 2 is 1.84 bits per heavy atom. The molecule has 0 saturated heterocycles. The van der Waals surface area contributed by atoms with E-state index in [4.69, 9.17) is 5.53 Å². The molecule has 0 N–H and O–H groups in total. The summed E-state index contributed by atoms with van der Waals surface area (Å²) in [6.45, 7) is 0.621. The molecule has 0 unspecified atom stereocenters. The van der Waals surface area contributed by atoms with Gasteiger partial charge < -0.3 is 0 Å². The fourth-order valence-electron chi connectivity index (χ4n) is 1.69. The molecule has 0 bridgehead atoms. The second-order valence-electron chi connectivity index (χ2n) is 4.06. The number of hydrogen-bond donors (Lipinski definition) is 0. The Kier molecular flexibility index (Phi) is 4.26. The van der Waals surface area contributed by atoms with Crippen LogP contribution in [0.3, 0.4) is 0 Å². The molecule has 0 fully saturated rings. The molecule has 2 aromatic rings. The zero-order valence-corrected chi connectivity index (χ0v) is 10.3. The summed E-state index contributed by atoms with van der Waals surface area (Å²) >= 11 is 0. The van der Waals surface area contributed by atoms with Gasteiger partial charge in [-0.3, -0.25) is 4.79 Å². The molecular formula is C14H13N4O+. The van der Waals surface area contributed by atoms with E-state index >= 15 is 0 Å². The van der Waals surface area contributed by atoms with Crippen LogP contribution in [0.25, 0.3) is 10.4 Å². The van der Waals surface area contributed by atoms with E-state index in [0.29, 0.717) is 18.7 Å². The number of hydrogen-bond acceptors (Lipinski definition) is 2. The van der Waals surface area contributed by atoms with E-state index in [2.05, 4.69) is 10.0 Å². The molecule has 1 aromatic heterocycles. The summed E-state index contributed by atoms with van der Waals surface area (Å²) in [5, 5.41) is 3.48. The second kappa shape index (κ2) is 6.33. The van der Waals surface area contributed by atoms with E-state index in [9.17, 15) is 4.79 Å². The molecule has 5 heteroatoms. The topological polar surface area (TPSA) is 69.7 Å². The Hall–Kier alpha value is -2.65. The number of carbonyl (C=O) groups is 1. The molecule has 0 spiro atoms. The maximum absolute atomic E-state index is 12.0. The summed E-state index contributed by atoms with van der Waals surface area (Å²) in [5.74, 6) is 0.0633. The van der Waals surface area contributed by atoms with Crippen molar-refractivity contribution in [3.63, 3.8) is 0 Å². The van der Waals surface area contributed by atoms with Crippen molar-refractivity contribution >= 4 is 5.78 Å². The SMILES string of the molecule is [N-]=[N+]=NCc1cc[n+](CC(=O)c2ccccc2)cc1. The lowest BCUT2D eigenvalue weighted by molar-refractivity contribution is -0.683. The first kappa shape index (κ1) is 12.8. The van der Waals surface area contributed by atoms with E-state index in [0.717, 1.165) is 5.56 Å². The van der Waals surface area contributed by atoms with Crippen LogP contribution < -0.4 is 4.57 Å². The molecular weight excluding hydrogens is 240 g/mol. The fourth-order valence-corrected chi connectivity index (χ4v) is 1.69. The van der Waals surface area contributed by atoms with Gasteiger partial charge in [0.25, 0.3) is 0 Å². The number of rotatable bonds is 5. The largest absolute Gasteiger partial charge is 0.287 e. The van der Waals surface area contributed by atoms with Gasteiger partial charge in [-0.1, -0.05) is 35.4 Å². The Morgan fingerprint density at radius 1 is 1.16 bits per heavy atom. The number of Topliss-reactive ketones (excluding diaryl/α,β-unsaturated/α-hetero) is 1. The lowest BCUT2D eigenvalue weighted by atomic mass is 10.1. The summed E-state index contributed by atoms with van der Waals surface area (Å²) in [6, 6.07) is 12.9. The van der Waals surface area contributed by atoms with E-state index in [1.165, 1.54) is 0 Å². The molecule has 2 rings (SSSR count). The van der Waals surface area contributed by atoms with Gasteiger partial charge in [-0.05, 0) is 11.1 Å². The zero-order chi connectivity index (χ0) is 13.5. The number of nitrogens with zero attached hydrogens (tertiary/aromatic N) is 4. The Bertz CT molecular complexity index is 601. The van der Waals surface area contributed by atoms with Gasteiger partial charge in [0.05, 0.1) is 6.54 Å². The molecule has 94 valence electrons. The van der Waals surface area contributed by atoms with Crippen LogP contribution in [0.4, 0.5) is 0 Å². The first-order chi connectivity index (χ1) is 9.29. The van der Waals surface area contributed by atoms with E-state index in [-0.39, 0.29) is 5.78 Å². The molecule has 0 saturated carbocycles. The molecule has 0 radical (unpaired) electrons. The normalized spacial score (nSPS) is 9.68. The van der Waals surface area contributed by atoms with Crippen molar-refractivity contribution in [1.82, 2.24) is 0 Å². The van der Waals surface area contributed by atoms with Crippen LogP contribution in [-0.4, -0.2) is 5.78 Å². The highest BCUT2D eigenvalue weighted by molar-refractivity contribution is 5.94. The molecule has 5 nitrogen and oxygen atoms in total. The molecule has 1 heterocycles. The average Bonchev–Trinajstić information content (AvgIpc) is 2.47. The van der Waals surface area contributed by atoms with E-state index in [1.54, 1.807) is 16.7 Å². The van der Waals surface area contributed by atoms with Gasteiger partial charge in [0.15, 0.2) is 12.4 Å². The third-order valence-electron chi connectivity index (χ3n) is 2.70. The Morgan fingerprint density at radius 3 is 2.47 bits per heavy atom. The Labute approximate surface area is 110 Å². The van der Waals surface area contributed by atoms with Crippen LogP contribution in [-0.2, 0) is 13.1 Å². The standard InChI is InChI=1S/C14H13N4O/c15-17-16-10-12-6-8-18(9-7-12)11-14(19)13-4-2-1-3-5-13/h1-9H,10-11H2/q+1. The van der Waals surface area contributed by atoms with Crippen molar-refractivity contribution < 1.29 is 9.36 Å². The quantitative estimate of drug-likeness (QED) is 0.265. The zero-order valence-electron chi connectivity index (χ0n) is 10.3. The monoisotopic (exact) mass is 253 g/mol. The molecule has 1 aromatic carbocycles. The van der Waals surface area contributed by atoms with Crippen molar-refractivity contribution in [2.75, 3.05) is 0 Å². The third-order valence-corrected chi connectivity index (χ3v) is 2.70. The third kappa shape index (κ3) is 3.66. The van der Waals surface area contributed by atoms with Crippen LogP contribution in [0.1, 0.15) is 15.9 Å². The summed E-state index contributed by atoms with van der Waals surface area (Å²) in [5.41, 5.74) is 9.86. The average molecular weight is 253 g/mol. The minimum absolute atomic E-state index is 0.0633. The van der Waals surface area contributed by atoms with E-state index < -0.39 is 0 Å². The fraction of sp³-hybridized carbons (Fsp3) is 0.143. The van der Waals surface area contributed by atoms with Crippen molar-refractivity contribution in [3.05, 3.63) is 76.4 Å². The van der Waals surface area contributed by atoms with Crippen molar-refractivity contribution in [1.29, 1.82) is 0 Å². The van der Waals surface area contributed by atoms with Crippen LogP contribution in [0, 0.1) is 0 Å². The highest BCUT2D eigenvalue weighted by atomic mass is 16.1. The minimum atomic E-state index is 0.0633. The summed E-state index contributed by atoms with van der Waals surface area (Å²) in [7, 11) is 0. The predicted octanol–water partition coefficient (Wildman–Crippen LogP) is 2.67. The first-order valence-electron chi connectivity index (χ1n) is 5.86. The minimum Gasteiger partial charge on any atom is -0.287 e. The van der Waals surface area contributed by atoms with Crippen molar-refractivity contribution in [2.45, 2.75) is 13.1 Å². The van der Waals surface area contributed by atoms with Gasteiger partial charge in [-0.25, -0.2) is 0 Å². The van der Waals surface area contributed by atoms with Crippen LogP contribution in [0.2, 0.25) is 0 Å². The van der Waals surface area contributed by atoms with Crippen LogP contribution >= 0.6 is 0 Å². The predicted molar refractivity (Wildman–Crippen MR) is 70.3 cm³/mol. The number of ketones is 1. The number of benzene rings is 1. The highest BCUT2D eigenvalue weighted by Gasteiger charge is 2.11. The summed E-state index contributed by atoms with van der Waals surface area (Å²) in [4.78, 5) is 14.7. The van der Waals surface area contributed by atoms with Gasteiger partial charge in [-0.2, -0.15) is 4.57 Å². The number of carbonyl (C=O) groups excluding carboxylic acids is 1. The molecule has 0 aliphatic heterocycles. The summed E-state index contributed by atoms with van der Waals surface area (Å²) < 4.78 is 1.80. The van der Waals surface area contributed by atoms with Gasteiger partial charge in [0.2, 0.25) is 12.3 Å². The number of aromatic nitrogens is 1. The molecule has 0 aliphatic carbocycles. The second-order valence-corrected chi connectivity index (χ2v) is 4.06. The summed E-state index contributed by atoms with van der Waals surface area (Å²) in [6.07, 6.45) is 3.62. The van der Waals surface area contributed by atoms with Crippen LogP contribution in [0.15, 0.2) is 60.0 Å². The maximum atomic E-state index is 12.0. The first-order valence-corrected chi connectivity index (χ1v) is 5.86.